The molecule has 0 radical (unpaired) electrons. The van der Waals surface area contributed by atoms with Gasteiger partial charge in [0.15, 0.2) is 5.96 Å². The SMILES string of the molecule is CCNC(=NCCC(C)c1ccccc1)N(C)CC(=O)N(CC)CC. The Kier molecular flexibility index (Phi) is 9.66. The Bertz CT molecular complexity index is 526. The van der Waals surface area contributed by atoms with Gasteiger partial charge in [-0.25, -0.2) is 0 Å². The monoisotopic (exact) mass is 346 g/mol. The average Bonchev–Trinajstić information content (AvgIpc) is 2.62. The smallest absolute Gasteiger partial charge is 0.242 e. The van der Waals surface area contributed by atoms with E-state index in [-0.39, 0.29) is 5.91 Å². The van der Waals surface area contributed by atoms with Crippen molar-refractivity contribution >= 4 is 11.9 Å². The van der Waals surface area contributed by atoms with Crippen LogP contribution in [0.15, 0.2) is 35.3 Å². The maximum absolute atomic E-state index is 12.3. The number of likely N-dealkylation sites (N-methyl/N-ethyl adjacent to an activating group) is 2. The molecule has 5 heteroatoms. The maximum Gasteiger partial charge on any atom is 0.242 e. The number of hydrogen-bond donors (Lipinski definition) is 1. The van der Waals surface area contributed by atoms with Gasteiger partial charge in [0.05, 0.1) is 6.54 Å². The Hall–Kier alpha value is -2.04. The van der Waals surface area contributed by atoms with Crippen LogP contribution >= 0.6 is 0 Å². The number of hydrogen-bond acceptors (Lipinski definition) is 2. The lowest BCUT2D eigenvalue weighted by molar-refractivity contribution is -0.131. The van der Waals surface area contributed by atoms with Gasteiger partial charge in [-0.05, 0) is 38.7 Å². The van der Waals surface area contributed by atoms with Crippen molar-refractivity contribution in [3.8, 4) is 0 Å². The summed E-state index contributed by atoms with van der Waals surface area (Å²) in [7, 11) is 1.92. The summed E-state index contributed by atoms with van der Waals surface area (Å²) in [5, 5.41) is 3.28. The lowest BCUT2D eigenvalue weighted by Gasteiger charge is -2.25. The third-order valence-corrected chi connectivity index (χ3v) is 4.38. The molecule has 1 aromatic rings. The summed E-state index contributed by atoms with van der Waals surface area (Å²) in [5.74, 6) is 1.40. The number of nitrogens with one attached hydrogen (secondary N) is 1. The molecular formula is C20H34N4O. The molecular weight excluding hydrogens is 312 g/mol. The van der Waals surface area contributed by atoms with Gasteiger partial charge in [-0.15, -0.1) is 0 Å². The highest BCUT2D eigenvalue weighted by Crippen LogP contribution is 2.18. The van der Waals surface area contributed by atoms with Crippen molar-refractivity contribution in [2.24, 2.45) is 4.99 Å². The minimum atomic E-state index is 0.135. The van der Waals surface area contributed by atoms with Crippen LogP contribution in [0.1, 0.15) is 45.6 Å². The van der Waals surface area contributed by atoms with E-state index in [1.165, 1.54) is 5.56 Å². The molecule has 140 valence electrons. The van der Waals surface area contributed by atoms with Crippen LogP contribution in [-0.2, 0) is 4.79 Å². The predicted molar refractivity (Wildman–Crippen MR) is 106 cm³/mol. The molecule has 0 aliphatic rings. The van der Waals surface area contributed by atoms with Crippen molar-refractivity contribution in [3.05, 3.63) is 35.9 Å². The van der Waals surface area contributed by atoms with E-state index >= 15 is 0 Å². The van der Waals surface area contributed by atoms with Crippen molar-refractivity contribution < 1.29 is 4.79 Å². The van der Waals surface area contributed by atoms with Gasteiger partial charge in [-0.1, -0.05) is 37.3 Å². The Labute approximate surface area is 153 Å². The van der Waals surface area contributed by atoms with Crippen LogP contribution in [0.2, 0.25) is 0 Å². The molecule has 5 nitrogen and oxygen atoms in total. The number of nitrogens with zero attached hydrogens (tertiary/aromatic N) is 3. The van der Waals surface area contributed by atoms with E-state index in [2.05, 4.69) is 36.5 Å². The number of amides is 1. The predicted octanol–water partition coefficient (Wildman–Crippen LogP) is 2.95. The van der Waals surface area contributed by atoms with E-state index in [0.29, 0.717) is 12.5 Å². The molecule has 0 heterocycles. The minimum absolute atomic E-state index is 0.135. The Morgan fingerprint density at radius 3 is 2.36 bits per heavy atom. The second-order valence-electron chi connectivity index (χ2n) is 6.26. The molecule has 1 aromatic carbocycles. The van der Waals surface area contributed by atoms with Crippen LogP contribution in [0, 0.1) is 0 Å². The third kappa shape index (κ3) is 7.16. The average molecular weight is 347 g/mol. The first-order chi connectivity index (χ1) is 12.0. The fourth-order valence-electron chi connectivity index (χ4n) is 2.74. The van der Waals surface area contributed by atoms with Crippen molar-refractivity contribution in [2.45, 2.75) is 40.0 Å². The molecule has 1 atom stereocenters. The molecule has 1 unspecified atom stereocenters. The van der Waals surface area contributed by atoms with E-state index in [0.717, 1.165) is 38.6 Å². The van der Waals surface area contributed by atoms with Crippen molar-refractivity contribution in [2.75, 3.05) is 39.8 Å². The summed E-state index contributed by atoms with van der Waals surface area (Å²) in [6.07, 6.45) is 0.983. The molecule has 1 N–H and O–H groups in total. The summed E-state index contributed by atoms with van der Waals surface area (Å²) in [6.45, 7) is 11.6. The molecule has 0 aliphatic heterocycles. The molecule has 0 aromatic heterocycles. The molecule has 25 heavy (non-hydrogen) atoms. The van der Waals surface area contributed by atoms with Gasteiger partial charge in [0, 0.05) is 33.2 Å². The van der Waals surface area contributed by atoms with Gasteiger partial charge in [-0.3, -0.25) is 9.79 Å². The zero-order valence-electron chi connectivity index (χ0n) is 16.5. The second-order valence-corrected chi connectivity index (χ2v) is 6.26. The number of guanidine groups is 1. The quantitative estimate of drug-likeness (QED) is 0.552. The van der Waals surface area contributed by atoms with Crippen LogP contribution in [-0.4, -0.2) is 61.4 Å². The molecule has 0 saturated heterocycles. The van der Waals surface area contributed by atoms with E-state index in [1.54, 1.807) is 0 Å². The minimum Gasteiger partial charge on any atom is -0.357 e. The van der Waals surface area contributed by atoms with E-state index in [4.69, 9.17) is 4.99 Å². The molecule has 0 aliphatic carbocycles. The summed E-state index contributed by atoms with van der Waals surface area (Å²) < 4.78 is 0. The van der Waals surface area contributed by atoms with Crippen LogP contribution < -0.4 is 5.32 Å². The van der Waals surface area contributed by atoms with Crippen LogP contribution in [0.25, 0.3) is 0 Å². The number of aliphatic imine (C=N–C) groups is 1. The Balaban J connectivity index is 2.61. The van der Waals surface area contributed by atoms with Gasteiger partial charge in [0.2, 0.25) is 5.91 Å². The van der Waals surface area contributed by atoms with Crippen molar-refractivity contribution in [1.29, 1.82) is 0 Å². The second kappa shape index (κ2) is 11.5. The largest absolute Gasteiger partial charge is 0.357 e. The normalized spacial score (nSPS) is 12.6. The van der Waals surface area contributed by atoms with Crippen molar-refractivity contribution in [1.82, 2.24) is 15.1 Å². The number of carbonyl (C=O) groups is 1. The molecule has 0 bridgehead atoms. The van der Waals surface area contributed by atoms with E-state index < -0.39 is 0 Å². The molecule has 1 rings (SSSR count). The molecule has 1 amide bonds. The fourth-order valence-corrected chi connectivity index (χ4v) is 2.74. The van der Waals surface area contributed by atoms with Crippen LogP contribution in [0.4, 0.5) is 0 Å². The number of carbonyl (C=O) groups excluding carboxylic acids is 1. The van der Waals surface area contributed by atoms with E-state index in [1.807, 2.05) is 43.7 Å². The summed E-state index contributed by atoms with van der Waals surface area (Å²) >= 11 is 0. The molecule has 0 spiro atoms. The third-order valence-electron chi connectivity index (χ3n) is 4.38. The summed E-state index contributed by atoms with van der Waals surface area (Å²) in [6, 6.07) is 10.5. The standard InChI is InChI=1S/C20H34N4O/c1-6-21-20(23(5)16-19(25)24(7-2)8-3)22-15-14-17(4)18-12-10-9-11-13-18/h9-13,17H,6-8,14-16H2,1-5H3,(H,21,22). The highest BCUT2D eigenvalue weighted by Gasteiger charge is 2.15. The Morgan fingerprint density at radius 1 is 1.16 bits per heavy atom. The molecule has 0 saturated carbocycles. The lowest BCUT2D eigenvalue weighted by atomic mass is 9.98. The van der Waals surface area contributed by atoms with Crippen molar-refractivity contribution in [3.63, 3.8) is 0 Å². The topological polar surface area (TPSA) is 47.9 Å². The first-order valence-electron chi connectivity index (χ1n) is 9.35. The van der Waals surface area contributed by atoms with Gasteiger partial charge < -0.3 is 15.1 Å². The van der Waals surface area contributed by atoms with Gasteiger partial charge in [0.25, 0.3) is 0 Å². The van der Waals surface area contributed by atoms with Gasteiger partial charge >= 0.3 is 0 Å². The maximum atomic E-state index is 12.3. The molecule has 0 fully saturated rings. The Morgan fingerprint density at radius 2 is 1.80 bits per heavy atom. The number of benzene rings is 1. The zero-order valence-corrected chi connectivity index (χ0v) is 16.5. The fraction of sp³-hybridized carbons (Fsp3) is 0.600. The van der Waals surface area contributed by atoms with Gasteiger partial charge in [0.1, 0.15) is 0 Å². The number of rotatable bonds is 9. The zero-order chi connectivity index (χ0) is 18.7. The summed E-state index contributed by atoms with van der Waals surface area (Å²) in [5.41, 5.74) is 1.34. The summed E-state index contributed by atoms with van der Waals surface area (Å²) in [4.78, 5) is 20.8. The van der Waals surface area contributed by atoms with Gasteiger partial charge in [-0.2, -0.15) is 0 Å². The highest BCUT2D eigenvalue weighted by molar-refractivity contribution is 5.86. The first kappa shape index (κ1) is 21.0. The first-order valence-corrected chi connectivity index (χ1v) is 9.35. The highest BCUT2D eigenvalue weighted by atomic mass is 16.2. The lowest BCUT2D eigenvalue weighted by Crippen LogP contribution is -2.45. The van der Waals surface area contributed by atoms with Crippen LogP contribution in [0.3, 0.4) is 0 Å². The van der Waals surface area contributed by atoms with E-state index in [9.17, 15) is 4.79 Å². The van der Waals surface area contributed by atoms with Crippen LogP contribution in [0.5, 0.6) is 0 Å².